The summed E-state index contributed by atoms with van der Waals surface area (Å²) in [6, 6.07) is 3.98. The fourth-order valence-electron chi connectivity index (χ4n) is 2.10. The zero-order valence-electron chi connectivity index (χ0n) is 11.1. The lowest BCUT2D eigenvalue weighted by Crippen LogP contribution is -2.50. The summed E-state index contributed by atoms with van der Waals surface area (Å²) in [5, 5.41) is 0. The molecule has 6 nitrogen and oxygen atoms in total. The van der Waals surface area contributed by atoms with Gasteiger partial charge in [0.2, 0.25) is 0 Å². The molecule has 1 heterocycles. The lowest BCUT2D eigenvalue weighted by atomic mass is 10.1. The molecule has 0 bridgehead atoms. The minimum absolute atomic E-state index is 0.00859. The van der Waals surface area contributed by atoms with E-state index in [1.807, 2.05) is 0 Å². The van der Waals surface area contributed by atoms with Gasteiger partial charge in [-0.2, -0.15) is 0 Å². The predicted octanol–water partition coefficient (Wildman–Crippen LogP) is 0.932. The Balaban J connectivity index is 2.03. The van der Waals surface area contributed by atoms with Crippen LogP contribution >= 0.6 is 0 Å². The molecule has 1 aliphatic heterocycles. The van der Waals surface area contributed by atoms with E-state index in [9.17, 15) is 14.0 Å². The van der Waals surface area contributed by atoms with Gasteiger partial charge < -0.3 is 20.3 Å². The summed E-state index contributed by atoms with van der Waals surface area (Å²) in [5.74, 6) is -1.03. The van der Waals surface area contributed by atoms with Crippen molar-refractivity contribution in [2.24, 2.45) is 0 Å². The number of amides is 2. The van der Waals surface area contributed by atoms with Crippen LogP contribution in [0.3, 0.4) is 0 Å². The van der Waals surface area contributed by atoms with Crippen LogP contribution in [0.15, 0.2) is 18.2 Å². The van der Waals surface area contributed by atoms with Crippen molar-refractivity contribution in [3.8, 4) is 0 Å². The standard InChI is InChI=1S/C13H16FN3O3/c1-20-13(19)17-6-4-16(5-7-17)12(18)10-3-2-9(15)8-11(10)14/h2-3,8H,4-7,15H2,1H3. The molecule has 1 aromatic rings. The van der Waals surface area contributed by atoms with Crippen LogP contribution in [0.5, 0.6) is 0 Å². The van der Waals surface area contributed by atoms with Gasteiger partial charge >= 0.3 is 6.09 Å². The Labute approximate surface area is 115 Å². The highest BCUT2D eigenvalue weighted by Crippen LogP contribution is 2.15. The summed E-state index contributed by atoms with van der Waals surface area (Å²) >= 11 is 0. The molecule has 1 fully saturated rings. The SMILES string of the molecule is COC(=O)N1CCN(C(=O)c2ccc(N)cc2F)CC1. The monoisotopic (exact) mass is 281 g/mol. The number of ether oxygens (including phenoxy) is 1. The number of hydrogen-bond donors (Lipinski definition) is 1. The van der Waals surface area contributed by atoms with Crippen LogP contribution in [0.25, 0.3) is 0 Å². The summed E-state index contributed by atoms with van der Waals surface area (Å²) in [4.78, 5) is 26.5. The second-order valence-corrected chi connectivity index (χ2v) is 4.49. The molecule has 0 atom stereocenters. The minimum Gasteiger partial charge on any atom is -0.453 e. The number of benzene rings is 1. The topological polar surface area (TPSA) is 75.9 Å². The highest BCUT2D eigenvalue weighted by Gasteiger charge is 2.26. The number of anilines is 1. The van der Waals surface area contributed by atoms with Crippen molar-refractivity contribution in [3.05, 3.63) is 29.6 Å². The van der Waals surface area contributed by atoms with Gasteiger partial charge in [0.15, 0.2) is 0 Å². The van der Waals surface area contributed by atoms with E-state index in [0.29, 0.717) is 26.2 Å². The number of nitrogens with zero attached hydrogens (tertiary/aromatic N) is 2. The highest BCUT2D eigenvalue weighted by molar-refractivity contribution is 5.95. The molecule has 0 radical (unpaired) electrons. The first-order chi connectivity index (χ1) is 9.52. The molecular formula is C13H16FN3O3. The van der Waals surface area contributed by atoms with Crippen LogP contribution in [0, 0.1) is 5.82 Å². The zero-order chi connectivity index (χ0) is 14.7. The highest BCUT2D eigenvalue weighted by atomic mass is 19.1. The fourth-order valence-corrected chi connectivity index (χ4v) is 2.10. The van der Waals surface area contributed by atoms with Crippen molar-refractivity contribution in [2.45, 2.75) is 0 Å². The van der Waals surface area contributed by atoms with Crippen LogP contribution < -0.4 is 5.73 Å². The molecule has 0 saturated carbocycles. The van der Waals surface area contributed by atoms with Gasteiger partial charge in [0, 0.05) is 31.9 Å². The molecule has 0 aromatic heterocycles. The van der Waals surface area contributed by atoms with Gasteiger partial charge in [-0.1, -0.05) is 0 Å². The van der Waals surface area contributed by atoms with Gasteiger partial charge in [-0.25, -0.2) is 9.18 Å². The average Bonchev–Trinajstić information content (AvgIpc) is 2.46. The van der Waals surface area contributed by atoms with Crippen molar-refractivity contribution in [1.29, 1.82) is 0 Å². The molecular weight excluding hydrogens is 265 g/mol. The number of carbonyl (C=O) groups is 2. The van der Waals surface area contributed by atoms with Gasteiger partial charge in [-0.3, -0.25) is 4.79 Å². The lowest BCUT2D eigenvalue weighted by Gasteiger charge is -2.33. The van der Waals surface area contributed by atoms with E-state index >= 15 is 0 Å². The molecule has 0 unspecified atom stereocenters. The molecule has 1 aromatic carbocycles. The van der Waals surface area contributed by atoms with Crippen LogP contribution in [0.2, 0.25) is 0 Å². The number of piperazine rings is 1. The Morgan fingerprint density at radius 2 is 1.80 bits per heavy atom. The van der Waals surface area contributed by atoms with Gasteiger partial charge in [-0.05, 0) is 18.2 Å². The van der Waals surface area contributed by atoms with Crippen molar-refractivity contribution >= 4 is 17.7 Å². The number of nitrogens with two attached hydrogens (primary N) is 1. The van der Waals surface area contributed by atoms with Crippen molar-refractivity contribution in [3.63, 3.8) is 0 Å². The molecule has 2 N–H and O–H groups in total. The smallest absolute Gasteiger partial charge is 0.409 e. The molecule has 20 heavy (non-hydrogen) atoms. The molecule has 2 amide bonds. The average molecular weight is 281 g/mol. The molecule has 108 valence electrons. The van der Waals surface area contributed by atoms with Gasteiger partial charge in [-0.15, -0.1) is 0 Å². The van der Waals surface area contributed by atoms with Crippen LogP contribution in [0.4, 0.5) is 14.9 Å². The molecule has 7 heteroatoms. The largest absolute Gasteiger partial charge is 0.453 e. The summed E-state index contributed by atoms with van der Waals surface area (Å²) in [7, 11) is 1.31. The third kappa shape index (κ3) is 2.81. The van der Waals surface area contributed by atoms with Crippen LogP contribution in [0.1, 0.15) is 10.4 Å². The molecule has 2 rings (SSSR count). The number of rotatable bonds is 1. The first kappa shape index (κ1) is 14.1. The molecule has 0 aliphatic carbocycles. The lowest BCUT2D eigenvalue weighted by molar-refractivity contribution is 0.0595. The Bertz CT molecular complexity index is 528. The summed E-state index contributed by atoms with van der Waals surface area (Å²) in [5.41, 5.74) is 5.71. The maximum absolute atomic E-state index is 13.7. The van der Waals surface area contributed by atoms with E-state index in [4.69, 9.17) is 5.73 Å². The van der Waals surface area contributed by atoms with E-state index in [0.717, 1.165) is 6.07 Å². The number of carbonyl (C=O) groups excluding carboxylic acids is 2. The normalized spacial score (nSPS) is 15.1. The van der Waals surface area contributed by atoms with Gasteiger partial charge in [0.25, 0.3) is 5.91 Å². The third-order valence-corrected chi connectivity index (χ3v) is 3.22. The molecule has 1 aliphatic rings. The van der Waals surface area contributed by atoms with Crippen LogP contribution in [-0.2, 0) is 4.74 Å². The third-order valence-electron chi connectivity index (χ3n) is 3.22. The van der Waals surface area contributed by atoms with Gasteiger partial charge in [0.1, 0.15) is 5.82 Å². The second kappa shape index (κ2) is 5.77. The van der Waals surface area contributed by atoms with Crippen molar-refractivity contribution in [2.75, 3.05) is 39.0 Å². The Hall–Kier alpha value is -2.31. The molecule has 0 spiro atoms. The maximum atomic E-state index is 13.7. The zero-order valence-corrected chi connectivity index (χ0v) is 11.1. The number of methoxy groups -OCH3 is 1. The van der Waals surface area contributed by atoms with Gasteiger partial charge in [0.05, 0.1) is 12.7 Å². The van der Waals surface area contributed by atoms with E-state index < -0.39 is 17.8 Å². The first-order valence-electron chi connectivity index (χ1n) is 6.20. The second-order valence-electron chi connectivity index (χ2n) is 4.49. The molecule has 1 saturated heterocycles. The summed E-state index contributed by atoms with van der Waals surface area (Å²) < 4.78 is 18.3. The summed E-state index contributed by atoms with van der Waals surface area (Å²) in [6.45, 7) is 1.43. The van der Waals surface area contributed by atoms with Crippen molar-refractivity contribution < 1.29 is 18.7 Å². The van der Waals surface area contributed by atoms with Crippen LogP contribution in [-0.4, -0.2) is 55.1 Å². The predicted molar refractivity (Wildman–Crippen MR) is 70.7 cm³/mol. The minimum atomic E-state index is -0.634. The summed E-state index contributed by atoms with van der Waals surface area (Å²) in [6.07, 6.45) is -0.421. The Morgan fingerprint density at radius 3 is 2.35 bits per heavy atom. The van der Waals surface area contributed by atoms with E-state index in [-0.39, 0.29) is 11.3 Å². The van der Waals surface area contributed by atoms with Crippen molar-refractivity contribution in [1.82, 2.24) is 9.80 Å². The van der Waals surface area contributed by atoms with E-state index in [1.54, 1.807) is 0 Å². The first-order valence-corrected chi connectivity index (χ1v) is 6.20. The van der Waals surface area contributed by atoms with E-state index in [1.165, 1.54) is 29.0 Å². The quantitative estimate of drug-likeness (QED) is 0.777. The number of halogens is 1. The van der Waals surface area contributed by atoms with E-state index in [2.05, 4.69) is 4.74 Å². The fraction of sp³-hybridized carbons (Fsp3) is 0.385. The Kier molecular flexibility index (Phi) is 4.07. The maximum Gasteiger partial charge on any atom is 0.409 e. The number of hydrogen-bond acceptors (Lipinski definition) is 4. The Morgan fingerprint density at radius 1 is 1.20 bits per heavy atom. The number of nitrogen functional groups attached to an aromatic ring is 1.